The largest absolute Gasteiger partial charge is 0.426 e. The van der Waals surface area contributed by atoms with Crippen LogP contribution in [0.1, 0.15) is 6.42 Å². The van der Waals surface area contributed by atoms with Crippen LogP contribution in [0.3, 0.4) is 0 Å². The Labute approximate surface area is 107 Å². The lowest BCUT2D eigenvalue weighted by Crippen LogP contribution is -2.36. The van der Waals surface area contributed by atoms with Crippen molar-refractivity contribution in [3.05, 3.63) is 20.2 Å². The summed E-state index contributed by atoms with van der Waals surface area (Å²) in [4.78, 5) is 30.8. The molecule has 0 bridgehead atoms. The fraction of sp³-hybridized carbons (Fsp3) is 0.875. The Hall–Kier alpha value is -2.35. The molecule has 0 aliphatic carbocycles. The molecule has 19 heavy (non-hydrogen) atoms. The van der Waals surface area contributed by atoms with Gasteiger partial charge in [-0.2, -0.15) is 5.26 Å². The average molecular weight is 276 g/mol. The second-order valence-electron chi connectivity index (χ2n) is 3.79. The van der Waals surface area contributed by atoms with E-state index in [1.807, 2.05) is 0 Å². The summed E-state index contributed by atoms with van der Waals surface area (Å²) in [6, 6.07) is -0.391. The van der Waals surface area contributed by atoms with Gasteiger partial charge < -0.3 is 14.4 Å². The molecule has 0 radical (unpaired) electrons. The molecule has 1 saturated heterocycles. The predicted molar refractivity (Wildman–Crippen MR) is 56.4 cm³/mol. The van der Waals surface area contributed by atoms with Gasteiger partial charge in [-0.15, -0.1) is 20.2 Å². The molecule has 0 saturated carbocycles. The van der Waals surface area contributed by atoms with Gasteiger partial charge in [0.25, 0.3) is 16.4 Å². The molecule has 11 heteroatoms. The van der Waals surface area contributed by atoms with E-state index in [1.165, 1.54) is 6.26 Å². The summed E-state index contributed by atoms with van der Waals surface area (Å²) in [6.45, 7) is 0.409. The molecular weight excluding hydrogens is 264 g/mol. The highest BCUT2D eigenvalue weighted by Crippen LogP contribution is 2.20. The highest BCUT2D eigenvalue weighted by atomic mass is 17.0. The molecule has 2 atom stereocenters. The van der Waals surface area contributed by atoms with E-state index in [2.05, 4.69) is 14.4 Å². The number of nitriles is 1. The standard InChI is InChI=1S/C8H12N4O7/c9-6-17-2-1-10-4-8(19-12(15)16)3-7(10)5-18-11(13)14/h7-8H,1-5H2. The highest BCUT2D eigenvalue weighted by Gasteiger charge is 2.34. The van der Waals surface area contributed by atoms with E-state index in [0.717, 1.165) is 0 Å². The maximum absolute atomic E-state index is 10.3. The zero-order valence-corrected chi connectivity index (χ0v) is 9.84. The lowest BCUT2D eigenvalue weighted by Gasteiger charge is -2.22. The molecule has 1 fully saturated rings. The Balaban J connectivity index is 2.49. The van der Waals surface area contributed by atoms with Crippen LogP contribution >= 0.6 is 0 Å². The van der Waals surface area contributed by atoms with Crippen LogP contribution in [0.4, 0.5) is 0 Å². The molecular formula is C8H12N4O7. The third kappa shape index (κ3) is 5.21. The van der Waals surface area contributed by atoms with Crippen molar-refractivity contribution in [2.24, 2.45) is 0 Å². The van der Waals surface area contributed by atoms with E-state index >= 15 is 0 Å². The van der Waals surface area contributed by atoms with Gasteiger partial charge in [-0.1, -0.05) is 0 Å². The number of ether oxygens (including phenoxy) is 1. The van der Waals surface area contributed by atoms with Crippen LogP contribution in [0.15, 0.2) is 0 Å². The first kappa shape index (κ1) is 14.7. The van der Waals surface area contributed by atoms with Crippen molar-refractivity contribution in [1.29, 1.82) is 5.26 Å². The second-order valence-corrected chi connectivity index (χ2v) is 3.79. The Morgan fingerprint density at radius 2 is 2.11 bits per heavy atom. The minimum Gasteiger partial charge on any atom is -0.426 e. The summed E-state index contributed by atoms with van der Waals surface area (Å²) >= 11 is 0. The zero-order valence-electron chi connectivity index (χ0n) is 9.84. The summed E-state index contributed by atoms with van der Waals surface area (Å²) < 4.78 is 4.50. The molecule has 0 aromatic heterocycles. The highest BCUT2D eigenvalue weighted by molar-refractivity contribution is 4.85. The van der Waals surface area contributed by atoms with Crippen molar-refractivity contribution in [2.75, 3.05) is 26.3 Å². The van der Waals surface area contributed by atoms with Gasteiger partial charge in [-0.25, -0.2) is 0 Å². The minimum absolute atomic E-state index is 0.0939. The average Bonchev–Trinajstić information content (AvgIpc) is 2.68. The first-order valence-corrected chi connectivity index (χ1v) is 5.36. The van der Waals surface area contributed by atoms with Crippen molar-refractivity contribution in [3.8, 4) is 6.26 Å². The van der Waals surface area contributed by atoms with Crippen LogP contribution < -0.4 is 0 Å². The van der Waals surface area contributed by atoms with Crippen molar-refractivity contribution in [2.45, 2.75) is 18.6 Å². The zero-order chi connectivity index (χ0) is 14.3. The van der Waals surface area contributed by atoms with Crippen LogP contribution in [0, 0.1) is 31.7 Å². The number of rotatable bonds is 8. The Kier molecular flexibility index (Phi) is 5.55. The number of hydrogen-bond donors (Lipinski definition) is 0. The van der Waals surface area contributed by atoms with Gasteiger partial charge in [-0.3, -0.25) is 4.90 Å². The molecule has 0 spiro atoms. The van der Waals surface area contributed by atoms with Crippen LogP contribution in [-0.2, 0) is 14.4 Å². The number of hydrogen-bond acceptors (Lipinski definition) is 9. The van der Waals surface area contributed by atoms with Crippen LogP contribution in [0.5, 0.6) is 0 Å². The minimum atomic E-state index is -0.925. The molecule has 106 valence electrons. The first-order valence-electron chi connectivity index (χ1n) is 5.36. The van der Waals surface area contributed by atoms with Crippen molar-refractivity contribution in [1.82, 2.24) is 4.90 Å². The molecule has 1 aliphatic heterocycles. The van der Waals surface area contributed by atoms with Crippen LogP contribution in [0.2, 0.25) is 0 Å². The SMILES string of the molecule is N#COCCN1CC(O[N+](=O)[O-])CC1CO[N+](=O)[O-]. The van der Waals surface area contributed by atoms with Crippen LogP contribution in [0.25, 0.3) is 0 Å². The van der Waals surface area contributed by atoms with Gasteiger partial charge in [-0.05, 0) is 6.42 Å². The van der Waals surface area contributed by atoms with Crippen molar-refractivity contribution >= 4 is 0 Å². The lowest BCUT2D eigenvalue weighted by atomic mass is 10.2. The Morgan fingerprint density at radius 1 is 1.37 bits per heavy atom. The first-order chi connectivity index (χ1) is 9.02. The fourth-order valence-corrected chi connectivity index (χ4v) is 1.94. The number of nitrogens with zero attached hydrogens (tertiary/aromatic N) is 4. The molecule has 0 aromatic rings. The molecule has 0 N–H and O–H groups in total. The van der Waals surface area contributed by atoms with Crippen LogP contribution in [-0.4, -0.2) is 53.5 Å². The predicted octanol–water partition coefficient (Wildman–Crippen LogP) is -0.656. The van der Waals surface area contributed by atoms with E-state index in [1.54, 1.807) is 4.90 Å². The topological polar surface area (TPSA) is 141 Å². The summed E-state index contributed by atoms with van der Waals surface area (Å²) in [7, 11) is 0. The smallest absolute Gasteiger partial charge is 0.294 e. The maximum Gasteiger partial charge on any atom is 0.294 e. The third-order valence-corrected chi connectivity index (χ3v) is 2.64. The molecule has 1 heterocycles. The van der Waals surface area contributed by atoms with Gasteiger partial charge >= 0.3 is 0 Å². The number of likely N-dealkylation sites (tertiary alicyclic amines) is 1. The Morgan fingerprint density at radius 3 is 2.68 bits per heavy atom. The van der Waals surface area contributed by atoms with Crippen molar-refractivity contribution in [3.63, 3.8) is 0 Å². The molecule has 1 aliphatic rings. The summed E-state index contributed by atoms with van der Waals surface area (Å²) in [5.74, 6) is 0. The van der Waals surface area contributed by atoms with E-state index in [9.17, 15) is 20.2 Å². The van der Waals surface area contributed by atoms with E-state index < -0.39 is 22.3 Å². The molecule has 1 rings (SSSR count). The fourth-order valence-electron chi connectivity index (χ4n) is 1.94. The normalized spacial score (nSPS) is 22.5. The molecule has 0 amide bonds. The molecule has 11 nitrogen and oxygen atoms in total. The monoisotopic (exact) mass is 276 g/mol. The van der Waals surface area contributed by atoms with Gasteiger partial charge in [0, 0.05) is 19.1 Å². The summed E-state index contributed by atoms with van der Waals surface area (Å²) in [5.41, 5.74) is 0. The molecule has 2 unspecified atom stereocenters. The van der Waals surface area contributed by atoms with E-state index in [4.69, 9.17) is 5.26 Å². The van der Waals surface area contributed by atoms with Gasteiger partial charge in [0.2, 0.25) is 0 Å². The summed E-state index contributed by atoms with van der Waals surface area (Å²) in [6.07, 6.45) is 1.06. The van der Waals surface area contributed by atoms with E-state index in [-0.39, 0.29) is 26.2 Å². The van der Waals surface area contributed by atoms with E-state index in [0.29, 0.717) is 6.54 Å². The molecule has 0 aromatic carbocycles. The quantitative estimate of drug-likeness (QED) is 0.244. The van der Waals surface area contributed by atoms with Crippen molar-refractivity contribution < 1.29 is 24.6 Å². The third-order valence-electron chi connectivity index (χ3n) is 2.64. The second kappa shape index (κ2) is 7.17. The lowest BCUT2D eigenvalue weighted by molar-refractivity contribution is -0.768. The Bertz CT molecular complexity index is 371. The van der Waals surface area contributed by atoms with Gasteiger partial charge in [0.1, 0.15) is 19.3 Å². The van der Waals surface area contributed by atoms with Gasteiger partial charge in [0.05, 0.1) is 0 Å². The summed E-state index contributed by atoms with van der Waals surface area (Å²) in [5, 5.41) is 26.8. The van der Waals surface area contributed by atoms with Gasteiger partial charge in [0.15, 0.2) is 0 Å². The maximum atomic E-state index is 10.3.